The van der Waals surface area contributed by atoms with Crippen molar-refractivity contribution in [3.63, 3.8) is 0 Å². The number of thiophene rings is 1. The molecule has 6 heteroatoms. The lowest BCUT2D eigenvalue weighted by molar-refractivity contribution is -0.117. The summed E-state index contributed by atoms with van der Waals surface area (Å²) in [5.41, 5.74) is 11.2. The van der Waals surface area contributed by atoms with Crippen LogP contribution in [0.3, 0.4) is 0 Å². The molecule has 1 atom stereocenters. The Kier molecular flexibility index (Phi) is 5.11. The summed E-state index contributed by atoms with van der Waals surface area (Å²) in [6.07, 6.45) is 2.54. The molecular weight excluding hydrogens is 238 g/mol. The Balaban J connectivity index is 2.61. The highest BCUT2D eigenvalue weighted by atomic mass is 32.1. The minimum atomic E-state index is -0.552. The van der Waals surface area contributed by atoms with Crippen LogP contribution >= 0.6 is 11.3 Å². The van der Waals surface area contributed by atoms with Crippen LogP contribution in [-0.4, -0.2) is 17.9 Å². The van der Waals surface area contributed by atoms with E-state index in [1.165, 1.54) is 11.3 Å². The summed E-state index contributed by atoms with van der Waals surface area (Å²) >= 11 is 1.26. The van der Waals surface area contributed by atoms with Crippen molar-refractivity contribution in [2.75, 3.05) is 5.32 Å². The molecule has 0 spiro atoms. The number of carbonyl (C=O) groups excluding carboxylic acids is 2. The summed E-state index contributed by atoms with van der Waals surface area (Å²) < 4.78 is 0. The molecule has 0 aromatic carbocycles. The van der Waals surface area contributed by atoms with Crippen molar-refractivity contribution >= 4 is 28.2 Å². The maximum absolute atomic E-state index is 11.7. The molecule has 17 heavy (non-hydrogen) atoms. The molecule has 5 N–H and O–H groups in total. The molecule has 0 fully saturated rings. The molecule has 1 aromatic rings. The van der Waals surface area contributed by atoms with Gasteiger partial charge in [0.15, 0.2) is 0 Å². The number of carbonyl (C=O) groups is 2. The zero-order valence-electron chi connectivity index (χ0n) is 9.73. The number of nitrogens with one attached hydrogen (secondary N) is 1. The van der Waals surface area contributed by atoms with Gasteiger partial charge in [-0.15, -0.1) is 11.3 Å². The van der Waals surface area contributed by atoms with Crippen molar-refractivity contribution in [2.45, 2.75) is 32.2 Å². The van der Waals surface area contributed by atoms with E-state index in [4.69, 9.17) is 11.5 Å². The van der Waals surface area contributed by atoms with E-state index in [1.807, 2.05) is 6.92 Å². The number of rotatable bonds is 6. The van der Waals surface area contributed by atoms with Gasteiger partial charge in [0.2, 0.25) is 5.91 Å². The van der Waals surface area contributed by atoms with Crippen LogP contribution in [-0.2, 0) is 4.79 Å². The summed E-state index contributed by atoms with van der Waals surface area (Å²) in [6.45, 7) is 2.04. The molecule has 0 bridgehead atoms. The topological polar surface area (TPSA) is 98.2 Å². The third kappa shape index (κ3) is 3.83. The van der Waals surface area contributed by atoms with Gasteiger partial charge in [-0.25, -0.2) is 0 Å². The highest BCUT2D eigenvalue weighted by Gasteiger charge is 2.16. The quantitative estimate of drug-likeness (QED) is 0.714. The Bertz CT molecular complexity index is 403. The standard InChI is InChI=1S/C11H17N3O2S/c1-2-3-4-8(12)10(16)14-11-7(9(13)15)5-6-17-11/h5-6,8H,2-4,12H2,1H3,(H2,13,15)(H,14,16)/t8-/m0/s1. The summed E-state index contributed by atoms with van der Waals surface area (Å²) in [4.78, 5) is 22.8. The maximum Gasteiger partial charge on any atom is 0.251 e. The number of hydrogen-bond acceptors (Lipinski definition) is 4. The predicted molar refractivity (Wildman–Crippen MR) is 69.0 cm³/mol. The second kappa shape index (κ2) is 6.36. The van der Waals surface area contributed by atoms with E-state index in [-0.39, 0.29) is 5.91 Å². The normalized spacial score (nSPS) is 12.1. The van der Waals surface area contributed by atoms with Crippen molar-refractivity contribution in [1.82, 2.24) is 0 Å². The van der Waals surface area contributed by atoms with Crippen LogP contribution in [0.5, 0.6) is 0 Å². The average molecular weight is 255 g/mol. The van der Waals surface area contributed by atoms with Gasteiger partial charge in [-0.1, -0.05) is 19.8 Å². The lowest BCUT2D eigenvalue weighted by Gasteiger charge is -2.11. The Labute approximate surface area is 104 Å². The molecule has 94 valence electrons. The fourth-order valence-electron chi connectivity index (χ4n) is 1.36. The van der Waals surface area contributed by atoms with Gasteiger partial charge in [-0.3, -0.25) is 9.59 Å². The summed E-state index contributed by atoms with van der Waals surface area (Å²) in [6, 6.07) is 1.04. The third-order valence-electron chi connectivity index (χ3n) is 2.37. The van der Waals surface area contributed by atoms with Gasteiger partial charge < -0.3 is 16.8 Å². The van der Waals surface area contributed by atoms with Gasteiger partial charge in [0, 0.05) is 0 Å². The number of amides is 2. The van der Waals surface area contributed by atoms with E-state index in [2.05, 4.69) is 5.32 Å². The zero-order chi connectivity index (χ0) is 12.8. The molecule has 0 unspecified atom stereocenters. The van der Waals surface area contributed by atoms with Crippen molar-refractivity contribution < 1.29 is 9.59 Å². The predicted octanol–water partition coefficient (Wildman–Crippen LogP) is 1.30. The van der Waals surface area contributed by atoms with Gasteiger partial charge in [-0.2, -0.15) is 0 Å². The van der Waals surface area contributed by atoms with Crippen molar-refractivity contribution in [1.29, 1.82) is 0 Å². The maximum atomic E-state index is 11.7. The first-order chi connectivity index (χ1) is 8.06. The second-order valence-corrected chi connectivity index (χ2v) is 4.68. The summed E-state index contributed by atoms with van der Waals surface area (Å²) in [5, 5.41) is 4.80. The molecule has 1 rings (SSSR count). The molecule has 5 nitrogen and oxygen atoms in total. The second-order valence-electron chi connectivity index (χ2n) is 3.77. The van der Waals surface area contributed by atoms with E-state index in [0.717, 1.165) is 12.8 Å². The number of unbranched alkanes of at least 4 members (excludes halogenated alkanes) is 1. The Morgan fingerprint density at radius 3 is 2.82 bits per heavy atom. The van der Waals surface area contributed by atoms with Crippen molar-refractivity contribution in [3.8, 4) is 0 Å². The first-order valence-corrected chi connectivity index (χ1v) is 6.38. The Morgan fingerprint density at radius 1 is 1.53 bits per heavy atom. The molecule has 0 saturated heterocycles. The number of hydrogen-bond donors (Lipinski definition) is 3. The van der Waals surface area contributed by atoms with E-state index in [1.54, 1.807) is 11.4 Å². The van der Waals surface area contributed by atoms with Crippen LogP contribution in [0.2, 0.25) is 0 Å². The lowest BCUT2D eigenvalue weighted by atomic mass is 10.1. The largest absolute Gasteiger partial charge is 0.366 e. The SMILES string of the molecule is CCCC[C@H](N)C(=O)Nc1sccc1C(N)=O. The molecular formula is C11H17N3O2S. The first kappa shape index (κ1) is 13.7. The minimum Gasteiger partial charge on any atom is -0.366 e. The van der Waals surface area contributed by atoms with Gasteiger partial charge in [0.25, 0.3) is 5.91 Å². The highest BCUT2D eigenvalue weighted by molar-refractivity contribution is 7.14. The van der Waals surface area contributed by atoms with Gasteiger partial charge in [-0.05, 0) is 17.9 Å². The first-order valence-electron chi connectivity index (χ1n) is 5.50. The van der Waals surface area contributed by atoms with E-state index in [0.29, 0.717) is 17.0 Å². The molecule has 0 saturated carbocycles. The van der Waals surface area contributed by atoms with Crippen LogP contribution in [0.1, 0.15) is 36.5 Å². The van der Waals surface area contributed by atoms with Crippen LogP contribution < -0.4 is 16.8 Å². The monoisotopic (exact) mass is 255 g/mol. The molecule has 0 aliphatic rings. The van der Waals surface area contributed by atoms with Crippen LogP contribution in [0.25, 0.3) is 0 Å². The molecule has 1 heterocycles. The summed E-state index contributed by atoms with van der Waals surface area (Å²) in [7, 11) is 0. The molecule has 0 aliphatic heterocycles. The van der Waals surface area contributed by atoms with Crippen molar-refractivity contribution in [2.24, 2.45) is 11.5 Å². The van der Waals surface area contributed by atoms with E-state index >= 15 is 0 Å². The molecule has 0 aliphatic carbocycles. The Hall–Kier alpha value is -1.40. The van der Waals surface area contributed by atoms with Gasteiger partial charge in [0.05, 0.1) is 11.6 Å². The van der Waals surface area contributed by atoms with Crippen LogP contribution in [0.4, 0.5) is 5.00 Å². The van der Waals surface area contributed by atoms with E-state index in [9.17, 15) is 9.59 Å². The number of anilines is 1. The van der Waals surface area contributed by atoms with Gasteiger partial charge >= 0.3 is 0 Å². The zero-order valence-corrected chi connectivity index (χ0v) is 10.5. The number of nitrogens with two attached hydrogens (primary N) is 2. The van der Waals surface area contributed by atoms with Crippen molar-refractivity contribution in [3.05, 3.63) is 17.0 Å². The smallest absolute Gasteiger partial charge is 0.251 e. The Morgan fingerprint density at radius 2 is 2.24 bits per heavy atom. The number of primary amides is 1. The fourth-order valence-corrected chi connectivity index (χ4v) is 2.16. The third-order valence-corrected chi connectivity index (χ3v) is 3.20. The summed E-state index contributed by atoms with van der Waals surface area (Å²) in [5.74, 6) is -0.827. The molecule has 1 aromatic heterocycles. The minimum absolute atomic E-state index is 0.275. The molecule has 0 radical (unpaired) electrons. The highest BCUT2D eigenvalue weighted by Crippen LogP contribution is 2.22. The lowest BCUT2D eigenvalue weighted by Crippen LogP contribution is -2.35. The molecule has 2 amide bonds. The fraction of sp³-hybridized carbons (Fsp3) is 0.455. The van der Waals surface area contributed by atoms with Gasteiger partial charge in [0.1, 0.15) is 5.00 Å². The van der Waals surface area contributed by atoms with Crippen LogP contribution in [0, 0.1) is 0 Å². The average Bonchev–Trinajstić information content (AvgIpc) is 2.73. The van der Waals surface area contributed by atoms with E-state index < -0.39 is 11.9 Å². The van der Waals surface area contributed by atoms with Crippen LogP contribution in [0.15, 0.2) is 11.4 Å².